The van der Waals surface area contributed by atoms with Crippen molar-refractivity contribution in [1.29, 1.82) is 0 Å². The third-order valence-corrected chi connectivity index (χ3v) is 7.14. The number of benzene rings is 2. The van der Waals surface area contributed by atoms with Gasteiger partial charge in [-0.15, -0.1) is 0 Å². The van der Waals surface area contributed by atoms with E-state index in [1.165, 1.54) is 22.9 Å². The summed E-state index contributed by atoms with van der Waals surface area (Å²) in [5, 5.41) is 4.55. The van der Waals surface area contributed by atoms with E-state index in [1.54, 1.807) is 24.1 Å². The van der Waals surface area contributed by atoms with Gasteiger partial charge in [0.05, 0.1) is 5.69 Å². The van der Waals surface area contributed by atoms with Crippen molar-refractivity contribution in [1.82, 2.24) is 19.7 Å². The summed E-state index contributed by atoms with van der Waals surface area (Å²) in [6.07, 6.45) is 0.872. The van der Waals surface area contributed by atoms with E-state index in [0.29, 0.717) is 31.6 Å². The number of para-hydroxylation sites is 1. The van der Waals surface area contributed by atoms with Crippen LogP contribution in [-0.2, 0) is 4.74 Å². The fraction of sp³-hybridized carbons (Fsp3) is 0.355. The third kappa shape index (κ3) is 6.05. The number of hydrogen-bond donors (Lipinski definition) is 0. The molecule has 0 radical (unpaired) electrons. The summed E-state index contributed by atoms with van der Waals surface area (Å²) in [6.45, 7) is 8.37. The van der Waals surface area contributed by atoms with E-state index in [-0.39, 0.29) is 46.4 Å². The Bertz CT molecular complexity index is 1670. The van der Waals surface area contributed by atoms with E-state index in [4.69, 9.17) is 9.15 Å². The van der Waals surface area contributed by atoms with Gasteiger partial charge in [0.2, 0.25) is 0 Å². The van der Waals surface area contributed by atoms with Gasteiger partial charge in [-0.05, 0) is 70.4 Å². The van der Waals surface area contributed by atoms with Crippen molar-refractivity contribution in [2.75, 3.05) is 25.0 Å². The number of carbonyl (C=O) groups excluding carboxylic acids is 1. The van der Waals surface area contributed by atoms with Crippen LogP contribution in [0.2, 0.25) is 0 Å². The van der Waals surface area contributed by atoms with Crippen LogP contribution in [-0.4, -0.2) is 57.5 Å². The minimum atomic E-state index is -0.805. The highest BCUT2D eigenvalue weighted by Gasteiger charge is 2.31. The first-order valence-electron chi connectivity index (χ1n) is 13.7. The minimum Gasteiger partial charge on any atom is -0.444 e. The van der Waals surface area contributed by atoms with Gasteiger partial charge in [0.25, 0.3) is 11.6 Å². The number of piperidine rings is 1. The summed E-state index contributed by atoms with van der Waals surface area (Å²) >= 11 is 0. The number of carbonyl (C=O) groups is 1. The molecular weight excluding hydrogens is 544 g/mol. The molecule has 0 saturated carbocycles. The van der Waals surface area contributed by atoms with Gasteiger partial charge < -0.3 is 19.0 Å². The molecule has 1 amide bonds. The molecule has 0 N–H and O–H groups in total. The molecule has 9 nitrogen and oxygen atoms in total. The predicted octanol–water partition coefficient (Wildman–Crippen LogP) is 5.98. The molecular formula is C31H33F2N5O4. The van der Waals surface area contributed by atoms with Crippen LogP contribution >= 0.6 is 0 Å². The standard InChI is InChI=1S/C31H33F2N5O4/c1-19-8-6-7-9-25(19)38-26(39)13-12-24(35-38)28-27(22-11-10-20(32)18-23(22)33)34-29(41-28)37-16-14-21(15-17-37)36(5)30(40)42-31(2,3)4/h6-13,18,21H,14-17H2,1-5H3. The van der Waals surface area contributed by atoms with Crippen molar-refractivity contribution in [3.05, 3.63) is 82.1 Å². The molecule has 42 heavy (non-hydrogen) atoms. The van der Waals surface area contributed by atoms with Gasteiger partial charge in [-0.3, -0.25) is 4.79 Å². The van der Waals surface area contributed by atoms with E-state index >= 15 is 4.39 Å². The molecule has 1 saturated heterocycles. The summed E-state index contributed by atoms with van der Waals surface area (Å²) in [5.74, 6) is -1.38. The van der Waals surface area contributed by atoms with Crippen LogP contribution in [0.4, 0.5) is 19.6 Å². The van der Waals surface area contributed by atoms with Gasteiger partial charge >= 0.3 is 6.09 Å². The van der Waals surface area contributed by atoms with Gasteiger partial charge in [0, 0.05) is 43.9 Å². The minimum absolute atomic E-state index is 0.0383. The molecule has 5 rings (SSSR count). The van der Waals surface area contributed by atoms with E-state index in [9.17, 15) is 14.0 Å². The number of oxazole rings is 1. The molecule has 2 aromatic heterocycles. The molecule has 0 spiro atoms. The average molecular weight is 578 g/mol. The van der Waals surface area contributed by atoms with E-state index in [1.807, 2.05) is 44.7 Å². The van der Waals surface area contributed by atoms with Gasteiger partial charge in [-0.2, -0.15) is 14.8 Å². The highest BCUT2D eigenvalue weighted by atomic mass is 19.1. The Balaban J connectivity index is 1.49. The van der Waals surface area contributed by atoms with Crippen molar-refractivity contribution in [3.63, 3.8) is 0 Å². The van der Waals surface area contributed by atoms with Crippen molar-refractivity contribution in [2.24, 2.45) is 0 Å². The molecule has 220 valence electrons. The Hall–Kier alpha value is -4.54. The zero-order valence-corrected chi connectivity index (χ0v) is 24.2. The number of rotatable bonds is 5. The Morgan fingerprint density at radius 3 is 2.45 bits per heavy atom. The molecule has 1 aliphatic heterocycles. The summed E-state index contributed by atoms with van der Waals surface area (Å²) in [5.41, 5.74) is 0.923. The molecule has 0 unspecified atom stereocenters. The van der Waals surface area contributed by atoms with Crippen molar-refractivity contribution >= 4 is 12.1 Å². The number of nitrogens with zero attached hydrogens (tertiary/aromatic N) is 5. The lowest BCUT2D eigenvalue weighted by molar-refractivity contribution is 0.0200. The van der Waals surface area contributed by atoms with Crippen LogP contribution in [0.5, 0.6) is 0 Å². The first-order valence-corrected chi connectivity index (χ1v) is 13.7. The molecule has 1 fully saturated rings. The number of hydrogen-bond acceptors (Lipinski definition) is 7. The second kappa shape index (κ2) is 11.4. The summed E-state index contributed by atoms with van der Waals surface area (Å²) in [6, 6.07) is 13.6. The number of amides is 1. The number of halogens is 2. The number of aromatic nitrogens is 3. The zero-order chi connectivity index (χ0) is 30.2. The lowest BCUT2D eigenvalue weighted by Crippen LogP contribution is -2.47. The smallest absolute Gasteiger partial charge is 0.410 e. The van der Waals surface area contributed by atoms with E-state index in [0.717, 1.165) is 17.7 Å². The topological polar surface area (TPSA) is 93.7 Å². The second-order valence-corrected chi connectivity index (χ2v) is 11.4. The summed E-state index contributed by atoms with van der Waals surface area (Å²) in [4.78, 5) is 33.5. The Morgan fingerprint density at radius 2 is 1.79 bits per heavy atom. The van der Waals surface area contributed by atoms with Gasteiger partial charge in [-0.1, -0.05) is 18.2 Å². The van der Waals surface area contributed by atoms with Crippen molar-refractivity contribution < 1.29 is 22.7 Å². The van der Waals surface area contributed by atoms with Crippen LogP contribution < -0.4 is 10.5 Å². The van der Waals surface area contributed by atoms with Crippen LogP contribution in [0.15, 0.2) is 63.8 Å². The Kier molecular flexibility index (Phi) is 7.85. The summed E-state index contributed by atoms with van der Waals surface area (Å²) in [7, 11) is 1.72. The van der Waals surface area contributed by atoms with Crippen LogP contribution in [0.1, 0.15) is 39.2 Å². The Labute approximate surface area is 242 Å². The van der Waals surface area contributed by atoms with E-state index < -0.39 is 17.2 Å². The second-order valence-electron chi connectivity index (χ2n) is 11.4. The Morgan fingerprint density at radius 1 is 1.07 bits per heavy atom. The molecule has 3 heterocycles. The third-order valence-electron chi connectivity index (χ3n) is 7.14. The molecule has 4 aromatic rings. The van der Waals surface area contributed by atoms with Gasteiger partial charge in [-0.25, -0.2) is 13.6 Å². The lowest BCUT2D eigenvalue weighted by atomic mass is 10.0. The van der Waals surface area contributed by atoms with Gasteiger partial charge in [0.1, 0.15) is 28.6 Å². The molecule has 0 bridgehead atoms. The maximum Gasteiger partial charge on any atom is 0.410 e. The van der Waals surface area contributed by atoms with Crippen molar-refractivity contribution in [2.45, 2.75) is 52.2 Å². The van der Waals surface area contributed by atoms with E-state index in [2.05, 4.69) is 10.1 Å². The lowest BCUT2D eigenvalue weighted by Gasteiger charge is -2.36. The molecule has 0 aliphatic carbocycles. The average Bonchev–Trinajstić information content (AvgIpc) is 3.38. The highest BCUT2D eigenvalue weighted by molar-refractivity contribution is 5.76. The maximum absolute atomic E-state index is 15.0. The zero-order valence-electron chi connectivity index (χ0n) is 24.2. The monoisotopic (exact) mass is 577 g/mol. The quantitative estimate of drug-likeness (QED) is 0.288. The van der Waals surface area contributed by atoms with Crippen LogP contribution in [0.25, 0.3) is 28.4 Å². The maximum atomic E-state index is 15.0. The first-order chi connectivity index (χ1) is 19.9. The molecule has 2 aromatic carbocycles. The highest BCUT2D eigenvalue weighted by Crippen LogP contribution is 2.37. The number of aryl methyl sites for hydroxylation is 1. The predicted molar refractivity (Wildman–Crippen MR) is 155 cm³/mol. The SMILES string of the molecule is Cc1ccccc1-n1nc(-c2oc(N3CCC(N(C)C(=O)OC(C)(C)C)CC3)nc2-c2ccc(F)cc2F)ccc1=O. The molecule has 1 aliphatic rings. The van der Waals surface area contributed by atoms with Crippen LogP contribution in [0, 0.1) is 18.6 Å². The van der Waals surface area contributed by atoms with Gasteiger partial charge in [0.15, 0.2) is 5.76 Å². The van der Waals surface area contributed by atoms with Crippen molar-refractivity contribution in [3.8, 4) is 28.4 Å². The largest absolute Gasteiger partial charge is 0.444 e. The molecule has 0 atom stereocenters. The summed E-state index contributed by atoms with van der Waals surface area (Å²) < 4.78 is 41.8. The fourth-order valence-electron chi connectivity index (χ4n) is 4.92. The fourth-order valence-corrected chi connectivity index (χ4v) is 4.92. The number of anilines is 1. The number of ether oxygens (including phenoxy) is 1. The van der Waals surface area contributed by atoms with Crippen LogP contribution in [0.3, 0.4) is 0 Å². The normalized spacial score (nSPS) is 14.2. The first kappa shape index (κ1) is 29.0. The molecule has 11 heteroatoms.